The third-order valence-electron chi connectivity index (χ3n) is 11.7. The van der Waals surface area contributed by atoms with Gasteiger partial charge in [-0.15, -0.1) is 0 Å². The maximum absolute atomic E-state index is 14.7. The van der Waals surface area contributed by atoms with Crippen molar-refractivity contribution in [3.8, 4) is 11.5 Å². The summed E-state index contributed by atoms with van der Waals surface area (Å²) in [5.74, 6) is 1.01. The first kappa shape index (κ1) is 46.7. The van der Waals surface area contributed by atoms with Crippen LogP contribution >= 0.6 is 0 Å². The highest BCUT2D eigenvalue weighted by Crippen LogP contribution is 2.48. The number of ether oxygens (including phenoxy) is 5. The van der Waals surface area contributed by atoms with Gasteiger partial charge in [-0.1, -0.05) is 146 Å². The van der Waals surface area contributed by atoms with E-state index in [0.717, 1.165) is 10.8 Å². The van der Waals surface area contributed by atoms with Gasteiger partial charge in [-0.05, 0) is 64.6 Å². The number of rotatable bonds is 16. The Hall–Kier alpha value is -6.82. The molecule has 0 amide bonds. The summed E-state index contributed by atoms with van der Waals surface area (Å²) in [6.07, 6.45) is -6.44. The molecule has 346 valence electrons. The Morgan fingerprint density at radius 1 is 0.597 bits per heavy atom. The number of H-pyrrole nitrogens is 1. The van der Waals surface area contributed by atoms with Crippen molar-refractivity contribution in [2.24, 2.45) is 0 Å². The lowest BCUT2D eigenvalue weighted by molar-refractivity contribution is -0.124. The average Bonchev–Trinajstić information content (AvgIpc) is 3.67. The molecule has 1 aromatic heterocycles. The molecule has 12 nitrogen and oxygen atoms in total. The summed E-state index contributed by atoms with van der Waals surface area (Å²) in [6, 6.07) is 49.2. The lowest BCUT2D eigenvalue weighted by Gasteiger charge is -2.40. The summed E-state index contributed by atoms with van der Waals surface area (Å²) in [5, 5.41) is 0. The van der Waals surface area contributed by atoms with Gasteiger partial charge in [-0.3, -0.25) is 18.5 Å². The van der Waals surface area contributed by atoms with Gasteiger partial charge in [0.2, 0.25) is 0 Å². The van der Waals surface area contributed by atoms with Crippen LogP contribution in [0.4, 0.5) is 13.2 Å². The van der Waals surface area contributed by atoms with Gasteiger partial charge in [0.15, 0.2) is 6.23 Å². The average molecular weight is 935 g/mol. The molecular formula is C51H45F3N2O10S. The monoisotopic (exact) mass is 934 g/mol. The van der Waals surface area contributed by atoms with Crippen molar-refractivity contribution in [1.82, 2.24) is 9.55 Å². The van der Waals surface area contributed by atoms with Crippen molar-refractivity contribution >= 4 is 10.1 Å². The third kappa shape index (κ3) is 9.05. The van der Waals surface area contributed by atoms with Crippen molar-refractivity contribution in [1.29, 1.82) is 0 Å². The van der Waals surface area contributed by atoms with Gasteiger partial charge in [0, 0.05) is 11.8 Å². The van der Waals surface area contributed by atoms with Crippen LogP contribution in [0, 0.1) is 6.92 Å². The number of aryl methyl sites for hydroxylation is 1. The van der Waals surface area contributed by atoms with E-state index < -0.39 is 69.2 Å². The molecule has 2 heterocycles. The number of alkyl halides is 3. The van der Waals surface area contributed by atoms with Gasteiger partial charge in [-0.2, -0.15) is 21.6 Å². The summed E-state index contributed by atoms with van der Waals surface area (Å²) in [5.41, 5.74) is -7.89. The van der Waals surface area contributed by atoms with E-state index in [-0.39, 0.29) is 5.56 Å². The second-order valence-electron chi connectivity index (χ2n) is 15.7. The van der Waals surface area contributed by atoms with E-state index in [9.17, 15) is 31.2 Å². The van der Waals surface area contributed by atoms with E-state index in [4.69, 9.17) is 27.9 Å². The van der Waals surface area contributed by atoms with Gasteiger partial charge < -0.3 is 23.7 Å². The molecule has 0 bridgehead atoms. The van der Waals surface area contributed by atoms with Crippen LogP contribution < -0.4 is 20.7 Å². The summed E-state index contributed by atoms with van der Waals surface area (Å²) < 4.78 is 109. The lowest BCUT2D eigenvalue weighted by atomic mass is 9.79. The van der Waals surface area contributed by atoms with Crippen molar-refractivity contribution in [3.63, 3.8) is 0 Å². The molecule has 1 fully saturated rings. The molecule has 0 radical (unpaired) electrons. The maximum Gasteiger partial charge on any atom is 0.523 e. The number of benzene rings is 6. The zero-order valence-electron chi connectivity index (χ0n) is 36.3. The number of aromatic amines is 1. The number of hydrogen-bond acceptors (Lipinski definition) is 10. The first-order valence-electron chi connectivity index (χ1n) is 21.0. The maximum atomic E-state index is 14.7. The van der Waals surface area contributed by atoms with E-state index in [0.29, 0.717) is 44.9 Å². The fourth-order valence-electron chi connectivity index (χ4n) is 8.49. The number of hydrogen-bond donors (Lipinski definition) is 1. The Morgan fingerprint density at radius 3 is 1.42 bits per heavy atom. The van der Waals surface area contributed by atoms with E-state index >= 15 is 0 Å². The highest BCUT2D eigenvalue weighted by Gasteiger charge is 2.58. The molecule has 1 aliphatic heterocycles. The van der Waals surface area contributed by atoms with Gasteiger partial charge >= 0.3 is 21.3 Å². The molecule has 16 heteroatoms. The number of nitrogens with one attached hydrogen (secondary N) is 1. The first-order chi connectivity index (χ1) is 32.2. The molecule has 8 rings (SSSR count). The zero-order valence-corrected chi connectivity index (χ0v) is 37.1. The van der Waals surface area contributed by atoms with E-state index in [1.807, 2.05) is 36.4 Å². The van der Waals surface area contributed by atoms with Crippen LogP contribution in [0.5, 0.6) is 11.5 Å². The number of nitrogens with zero attached hydrogens (tertiary/aromatic N) is 1. The highest BCUT2D eigenvalue weighted by molar-refractivity contribution is 7.87. The molecule has 0 spiro atoms. The summed E-state index contributed by atoms with van der Waals surface area (Å²) in [7, 11) is -3.44. The van der Waals surface area contributed by atoms with E-state index in [1.165, 1.54) is 21.1 Å². The fraction of sp³-hybridized carbons (Fsp3) is 0.216. The Kier molecular flexibility index (Phi) is 13.4. The summed E-state index contributed by atoms with van der Waals surface area (Å²) in [4.78, 5) is 29.0. The van der Waals surface area contributed by atoms with Gasteiger partial charge in [0.25, 0.3) is 5.56 Å². The molecule has 1 N–H and O–H groups in total. The summed E-state index contributed by atoms with van der Waals surface area (Å²) >= 11 is 0. The molecule has 0 unspecified atom stereocenters. The number of aromatic nitrogens is 2. The molecule has 6 aromatic carbocycles. The Balaban J connectivity index is 1.37. The minimum atomic E-state index is -6.45. The normalized spacial score (nSPS) is 17.8. The Labute approximate surface area is 384 Å². The smallest absolute Gasteiger partial charge is 0.497 e. The number of halogens is 3. The zero-order chi connectivity index (χ0) is 47.4. The standard InChI is InChI=1S/C51H45F3N2O10S/c1-34-32-56(48(58)55-46(34)57)47-45(65-50(37-20-12-6-13-21-37,38-22-14-7-15-23-38)40-26-30-42(62-3)31-27-40)44(66-67(59,60)51(52,53)54)43(64-47)33-63-49(35-16-8-4-9-17-35,36-18-10-5-11-19-36)39-24-28-41(61-2)29-25-39/h4-32,43-45,47H,33H2,1-3H3,(H,55,57,58)/t43-,44-,45-,47-/m1/s1. The Morgan fingerprint density at radius 2 is 1.00 bits per heavy atom. The quantitative estimate of drug-likeness (QED) is 0.0570. The van der Waals surface area contributed by atoms with Crippen LogP contribution in [0.3, 0.4) is 0 Å². The molecule has 4 atom stereocenters. The van der Waals surface area contributed by atoms with Crippen molar-refractivity contribution in [3.05, 3.63) is 236 Å². The van der Waals surface area contributed by atoms with Gasteiger partial charge in [0.05, 0.1) is 20.8 Å². The predicted octanol–water partition coefficient (Wildman–Crippen LogP) is 8.38. The van der Waals surface area contributed by atoms with E-state index in [2.05, 4.69) is 4.98 Å². The SMILES string of the molecule is COc1ccc(C(OC[C@H]2O[C@@H](n3cc(C)c(=O)[nH]c3=O)[C@H](OC(c3ccccc3)(c3ccccc3)c3ccc(OC)cc3)[C@@H]2OS(=O)(=O)C(F)(F)F)(c2ccccc2)c2ccccc2)cc1. The fourth-order valence-corrected chi connectivity index (χ4v) is 9.13. The molecular weight excluding hydrogens is 890 g/mol. The lowest BCUT2D eigenvalue weighted by Crippen LogP contribution is -2.48. The highest BCUT2D eigenvalue weighted by atomic mass is 32.2. The first-order valence-corrected chi connectivity index (χ1v) is 22.4. The Bertz CT molecular complexity index is 2910. The van der Waals surface area contributed by atoms with Crippen molar-refractivity contribution < 1.29 is 49.5 Å². The minimum absolute atomic E-state index is 0.0289. The molecule has 7 aromatic rings. The summed E-state index contributed by atoms with van der Waals surface area (Å²) in [6.45, 7) is 0.758. The van der Waals surface area contributed by atoms with E-state index in [1.54, 1.807) is 133 Å². The second kappa shape index (κ2) is 19.2. The molecule has 67 heavy (non-hydrogen) atoms. The van der Waals surface area contributed by atoms with Crippen molar-refractivity contribution in [2.45, 2.75) is 48.2 Å². The van der Waals surface area contributed by atoms with Crippen LogP contribution in [0.15, 0.2) is 186 Å². The van der Waals surface area contributed by atoms with Crippen LogP contribution in [-0.4, -0.2) is 62.6 Å². The minimum Gasteiger partial charge on any atom is -0.497 e. The predicted molar refractivity (Wildman–Crippen MR) is 242 cm³/mol. The molecule has 0 aliphatic carbocycles. The molecule has 0 saturated carbocycles. The van der Waals surface area contributed by atoms with Crippen molar-refractivity contribution in [2.75, 3.05) is 20.8 Å². The number of methoxy groups -OCH3 is 2. The second-order valence-corrected chi connectivity index (χ2v) is 17.2. The van der Waals surface area contributed by atoms with Crippen LogP contribution in [0.2, 0.25) is 0 Å². The molecule has 1 saturated heterocycles. The topological polar surface area (TPSA) is 144 Å². The van der Waals surface area contributed by atoms with Gasteiger partial charge in [0.1, 0.15) is 41.0 Å². The van der Waals surface area contributed by atoms with Gasteiger partial charge in [-0.25, -0.2) is 4.79 Å². The van der Waals surface area contributed by atoms with Crippen LogP contribution in [0.1, 0.15) is 45.2 Å². The van der Waals surface area contributed by atoms with Crippen LogP contribution in [-0.2, 0) is 39.7 Å². The third-order valence-corrected chi connectivity index (χ3v) is 12.8. The molecule has 1 aliphatic rings. The van der Waals surface area contributed by atoms with Crippen LogP contribution in [0.25, 0.3) is 0 Å². The largest absolute Gasteiger partial charge is 0.523 e.